The number of rotatable bonds is 9. The molecule has 0 aliphatic carbocycles. The molecule has 10 nitrogen and oxygen atoms in total. The van der Waals surface area contributed by atoms with Crippen LogP contribution in [-0.4, -0.2) is 48.7 Å². The predicted octanol–water partition coefficient (Wildman–Crippen LogP) is 4.82. The van der Waals surface area contributed by atoms with E-state index in [0.717, 1.165) is 6.42 Å². The van der Waals surface area contributed by atoms with E-state index in [2.05, 4.69) is 16.0 Å². The summed E-state index contributed by atoms with van der Waals surface area (Å²) in [7, 11) is 0. The maximum Gasteiger partial charge on any atom is 0.338 e. The second-order valence-electron chi connectivity index (χ2n) is 8.25. The van der Waals surface area contributed by atoms with Crippen molar-refractivity contribution in [3.63, 3.8) is 0 Å². The summed E-state index contributed by atoms with van der Waals surface area (Å²) in [6.45, 7) is 8.14. The van der Waals surface area contributed by atoms with Gasteiger partial charge in [-0.15, -0.1) is 0 Å². The van der Waals surface area contributed by atoms with E-state index < -0.39 is 24.0 Å². The first-order valence-corrected chi connectivity index (χ1v) is 12.2. The van der Waals surface area contributed by atoms with Crippen molar-refractivity contribution in [2.24, 2.45) is 0 Å². The van der Waals surface area contributed by atoms with Crippen LogP contribution < -0.4 is 16.0 Å². The first-order chi connectivity index (χ1) is 17.8. The van der Waals surface area contributed by atoms with Gasteiger partial charge in [0, 0.05) is 23.6 Å². The van der Waals surface area contributed by atoms with Crippen LogP contribution in [0, 0.1) is 0 Å². The second kappa shape index (κ2) is 12.6. The highest BCUT2D eigenvalue weighted by atomic mass is 16.5. The van der Waals surface area contributed by atoms with Crippen LogP contribution in [0.3, 0.4) is 0 Å². The number of nitrogens with zero attached hydrogens (tertiary/aromatic N) is 1. The molecule has 0 saturated heterocycles. The normalized spacial score (nSPS) is 15.1. The van der Waals surface area contributed by atoms with Gasteiger partial charge < -0.3 is 25.4 Å². The van der Waals surface area contributed by atoms with Crippen molar-refractivity contribution in [3.05, 3.63) is 70.9 Å². The zero-order chi connectivity index (χ0) is 26.9. The molecule has 10 heteroatoms. The van der Waals surface area contributed by atoms with Crippen LogP contribution in [0.25, 0.3) is 0 Å². The molecule has 196 valence electrons. The molecule has 2 aromatic carbocycles. The Kier molecular flexibility index (Phi) is 9.26. The van der Waals surface area contributed by atoms with Crippen LogP contribution in [0.15, 0.2) is 59.8 Å². The number of esters is 2. The Morgan fingerprint density at radius 3 is 1.95 bits per heavy atom. The van der Waals surface area contributed by atoms with Crippen LogP contribution in [0.1, 0.15) is 56.1 Å². The SMILES string of the molecule is CCCN1C(=O)NC(c2ccc(NC(=O)Nc3ccc(C(=O)OCC)cc3)cc2)C(C(=O)OCC)=C1C. The molecule has 3 rings (SSSR count). The van der Waals surface area contributed by atoms with Crippen molar-refractivity contribution in [3.8, 4) is 0 Å². The summed E-state index contributed by atoms with van der Waals surface area (Å²) in [5.41, 5.74) is 3.01. The monoisotopic (exact) mass is 508 g/mol. The molecule has 1 heterocycles. The zero-order valence-corrected chi connectivity index (χ0v) is 21.4. The lowest BCUT2D eigenvalue weighted by Gasteiger charge is -2.35. The molecular formula is C27H32N4O6. The summed E-state index contributed by atoms with van der Waals surface area (Å²) in [4.78, 5) is 51.2. The fraction of sp³-hybridized carbons (Fsp3) is 0.333. The molecule has 4 amide bonds. The van der Waals surface area contributed by atoms with Crippen molar-refractivity contribution in [1.82, 2.24) is 10.2 Å². The van der Waals surface area contributed by atoms with Crippen molar-refractivity contribution >= 4 is 35.4 Å². The minimum absolute atomic E-state index is 0.216. The van der Waals surface area contributed by atoms with E-state index in [1.807, 2.05) is 6.92 Å². The summed E-state index contributed by atoms with van der Waals surface area (Å²) < 4.78 is 10.2. The van der Waals surface area contributed by atoms with Gasteiger partial charge in [0.15, 0.2) is 0 Å². The fourth-order valence-corrected chi connectivity index (χ4v) is 3.95. The number of ether oxygens (including phenoxy) is 2. The van der Waals surface area contributed by atoms with E-state index >= 15 is 0 Å². The number of benzene rings is 2. The van der Waals surface area contributed by atoms with Crippen molar-refractivity contribution < 1.29 is 28.7 Å². The number of allylic oxidation sites excluding steroid dienone is 1. The molecule has 0 radical (unpaired) electrons. The first kappa shape index (κ1) is 27.3. The molecule has 0 saturated carbocycles. The van der Waals surface area contributed by atoms with Crippen LogP contribution in [-0.2, 0) is 14.3 Å². The van der Waals surface area contributed by atoms with Crippen molar-refractivity contribution in [1.29, 1.82) is 0 Å². The maximum absolute atomic E-state index is 12.8. The Morgan fingerprint density at radius 1 is 0.865 bits per heavy atom. The third-order valence-corrected chi connectivity index (χ3v) is 5.69. The smallest absolute Gasteiger partial charge is 0.338 e. The zero-order valence-electron chi connectivity index (χ0n) is 21.4. The second-order valence-corrected chi connectivity index (χ2v) is 8.25. The van der Waals surface area contributed by atoms with Gasteiger partial charge >= 0.3 is 24.0 Å². The van der Waals surface area contributed by atoms with Gasteiger partial charge in [0.05, 0.1) is 30.4 Å². The molecule has 2 aromatic rings. The largest absolute Gasteiger partial charge is 0.463 e. The molecule has 37 heavy (non-hydrogen) atoms. The highest BCUT2D eigenvalue weighted by Crippen LogP contribution is 2.32. The Hall–Kier alpha value is -4.34. The molecule has 1 aliphatic rings. The molecule has 0 fully saturated rings. The summed E-state index contributed by atoms with van der Waals surface area (Å²) in [5, 5.41) is 8.33. The van der Waals surface area contributed by atoms with E-state index in [1.165, 1.54) is 0 Å². The minimum atomic E-state index is -0.680. The Bertz CT molecular complexity index is 1170. The lowest BCUT2D eigenvalue weighted by molar-refractivity contribution is -0.139. The number of hydrogen-bond donors (Lipinski definition) is 3. The lowest BCUT2D eigenvalue weighted by atomic mass is 9.94. The van der Waals surface area contributed by atoms with Crippen molar-refractivity contribution in [2.45, 2.75) is 40.2 Å². The van der Waals surface area contributed by atoms with Gasteiger partial charge in [-0.3, -0.25) is 4.90 Å². The highest BCUT2D eigenvalue weighted by molar-refractivity contribution is 6.00. The summed E-state index contributed by atoms with van der Waals surface area (Å²) in [5.74, 6) is -0.913. The number of carbonyl (C=O) groups is 4. The molecule has 1 unspecified atom stereocenters. The molecule has 1 atom stereocenters. The fourth-order valence-electron chi connectivity index (χ4n) is 3.95. The van der Waals surface area contributed by atoms with Gasteiger partial charge in [-0.2, -0.15) is 0 Å². The van der Waals surface area contributed by atoms with Crippen LogP contribution in [0.4, 0.5) is 21.0 Å². The average Bonchev–Trinajstić information content (AvgIpc) is 2.87. The number of anilines is 2. The Balaban J connectivity index is 1.72. The van der Waals surface area contributed by atoms with Crippen LogP contribution in [0.5, 0.6) is 0 Å². The first-order valence-electron chi connectivity index (χ1n) is 12.2. The standard InChI is InChI=1S/C27H32N4O6/c1-5-16-31-17(4)22(25(33)37-7-3)23(30-27(31)35)18-8-12-20(13-9-18)28-26(34)29-21-14-10-19(11-15-21)24(32)36-6-2/h8-15,23H,5-7,16H2,1-4H3,(H,30,35)(H2,28,29,34). The molecule has 3 N–H and O–H groups in total. The third kappa shape index (κ3) is 6.66. The maximum atomic E-state index is 12.8. The quantitative estimate of drug-likeness (QED) is 0.417. The van der Waals surface area contributed by atoms with E-state index in [4.69, 9.17) is 9.47 Å². The molecule has 0 spiro atoms. The number of nitrogens with one attached hydrogen (secondary N) is 3. The van der Waals surface area contributed by atoms with Gasteiger partial charge in [0.1, 0.15) is 0 Å². The van der Waals surface area contributed by atoms with Crippen molar-refractivity contribution in [2.75, 3.05) is 30.4 Å². The molecule has 1 aliphatic heterocycles. The van der Waals surface area contributed by atoms with Gasteiger partial charge in [0.2, 0.25) is 0 Å². The van der Waals surface area contributed by atoms with E-state index in [9.17, 15) is 19.2 Å². The Morgan fingerprint density at radius 2 is 1.41 bits per heavy atom. The van der Waals surface area contributed by atoms with E-state index in [-0.39, 0.29) is 19.2 Å². The topological polar surface area (TPSA) is 126 Å². The summed E-state index contributed by atoms with van der Waals surface area (Å²) >= 11 is 0. The minimum Gasteiger partial charge on any atom is -0.463 e. The van der Waals surface area contributed by atoms with Gasteiger partial charge in [0.25, 0.3) is 0 Å². The molecular weight excluding hydrogens is 476 g/mol. The summed E-state index contributed by atoms with van der Waals surface area (Å²) in [6, 6.07) is 11.7. The average molecular weight is 509 g/mol. The number of carbonyl (C=O) groups excluding carboxylic acids is 4. The highest BCUT2D eigenvalue weighted by Gasteiger charge is 2.36. The number of hydrogen-bond acceptors (Lipinski definition) is 6. The van der Waals surface area contributed by atoms with Gasteiger partial charge in [-0.25, -0.2) is 19.2 Å². The van der Waals surface area contributed by atoms with Crippen LogP contribution >= 0.6 is 0 Å². The predicted molar refractivity (Wildman–Crippen MR) is 139 cm³/mol. The van der Waals surface area contributed by atoms with Crippen LogP contribution in [0.2, 0.25) is 0 Å². The summed E-state index contributed by atoms with van der Waals surface area (Å²) in [6.07, 6.45) is 0.740. The molecule has 0 bridgehead atoms. The van der Waals surface area contributed by atoms with Gasteiger partial charge in [-0.05, 0) is 69.2 Å². The number of urea groups is 2. The third-order valence-electron chi connectivity index (χ3n) is 5.69. The number of amides is 4. The van der Waals surface area contributed by atoms with E-state index in [1.54, 1.807) is 74.2 Å². The van der Waals surface area contributed by atoms with Gasteiger partial charge in [-0.1, -0.05) is 19.1 Å². The molecule has 0 aromatic heterocycles. The van der Waals surface area contributed by atoms with E-state index in [0.29, 0.717) is 40.3 Å². The lowest BCUT2D eigenvalue weighted by Crippen LogP contribution is -2.48. The Labute approximate surface area is 216 Å².